The van der Waals surface area contributed by atoms with E-state index in [4.69, 9.17) is 0 Å². The number of rotatable bonds is 1. The smallest absolute Gasteiger partial charge is 0.273 e. The Bertz CT molecular complexity index is 273. The van der Waals surface area contributed by atoms with E-state index in [0.29, 0.717) is 0 Å². The summed E-state index contributed by atoms with van der Waals surface area (Å²) < 4.78 is 0. The molecule has 0 amide bonds. The molecule has 2 aliphatic carbocycles. The van der Waals surface area contributed by atoms with Crippen molar-refractivity contribution in [3.05, 3.63) is 72.9 Å². The zero-order chi connectivity index (χ0) is 12.2. The third kappa shape index (κ3) is 15.3. The van der Waals surface area contributed by atoms with E-state index in [-0.39, 0.29) is 26.2 Å². The Morgan fingerprint density at radius 2 is 1.24 bits per heavy atom. The Kier molecular flexibility index (Phi) is 14.7. The van der Waals surface area contributed by atoms with E-state index in [2.05, 4.69) is 37.5 Å². The van der Waals surface area contributed by atoms with Crippen molar-refractivity contribution in [3.63, 3.8) is 0 Å². The maximum atomic E-state index is 3.66. The second-order valence-corrected chi connectivity index (χ2v) is 3.57. The van der Waals surface area contributed by atoms with E-state index >= 15 is 0 Å². The maximum Gasteiger partial charge on any atom is 2.00 e. The largest absolute Gasteiger partial charge is 2.00 e. The Balaban J connectivity index is 0. The van der Waals surface area contributed by atoms with Crippen molar-refractivity contribution in [2.24, 2.45) is 0 Å². The summed E-state index contributed by atoms with van der Waals surface area (Å²) in [6.45, 7) is 11.2. The minimum Gasteiger partial charge on any atom is -0.273 e. The molecule has 0 aromatic carbocycles. The van der Waals surface area contributed by atoms with Crippen molar-refractivity contribution in [1.29, 1.82) is 0 Å². The molecule has 0 spiro atoms. The average molecular weight is 304 g/mol. The van der Waals surface area contributed by atoms with Crippen molar-refractivity contribution in [1.82, 2.24) is 0 Å². The first-order valence-corrected chi connectivity index (χ1v) is 5.39. The number of hydrogen-bond donors (Lipinski definition) is 0. The maximum absolute atomic E-state index is 3.66. The van der Waals surface area contributed by atoms with Gasteiger partial charge >= 0.3 is 26.2 Å². The molecule has 0 unspecified atom stereocenters. The molecule has 1 heteroatoms. The Morgan fingerprint density at radius 1 is 0.882 bits per heavy atom. The summed E-state index contributed by atoms with van der Waals surface area (Å²) in [6.07, 6.45) is 20.0. The molecule has 0 nitrogen and oxygen atoms in total. The fourth-order valence-electron chi connectivity index (χ4n) is 0.680. The van der Waals surface area contributed by atoms with Gasteiger partial charge in [-0.1, -0.05) is 24.3 Å². The molecule has 0 N–H and O–H groups in total. The summed E-state index contributed by atoms with van der Waals surface area (Å²) in [5.74, 6) is 0. The molecule has 0 aromatic heterocycles. The molecule has 0 bridgehead atoms. The third-order valence-electron chi connectivity index (χ3n) is 1.90. The fraction of sp³-hybridized carbons (Fsp3) is 0.250. The predicted octanol–water partition coefficient (Wildman–Crippen LogP) is 4.75. The van der Waals surface area contributed by atoms with Gasteiger partial charge in [0.25, 0.3) is 0 Å². The zero-order valence-electron chi connectivity index (χ0n) is 10.8. The van der Waals surface area contributed by atoms with Gasteiger partial charge in [0.15, 0.2) is 0 Å². The summed E-state index contributed by atoms with van der Waals surface area (Å²) in [5.41, 5.74) is 2.13. The SMILES string of the molecule is C=C(C)C(=C)C.[C-]1=CC=CC1.[C-]1=CC=CC1.[Zr+2]. The first-order chi connectivity index (χ1) is 7.64. The first-order valence-electron chi connectivity index (χ1n) is 5.39. The first kappa shape index (κ1) is 18.7. The van der Waals surface area contributed by atoms with Crippen LogP contribution in [0.25, 0.3) is 0 Å². The average Bonchev–Trinajstić information content (AvgIpc) is 2.97. The summed E-state index contributed by atoms with van der Waals surface area (Å²) in [6, 6.07) is 0. The van der Waals surface area contributed by atoms with Crippen LogP contribution in [0.1, 0.15) is 26.7 Å². The Labute approximate surface area is 125 Å². The van der Waals surface area contributed by atoms with Gasteiger partial charge in [-0.3, -0.25) is 12.2 Å². The second-order valence-electron chi connectivity index (χ2n) is 3.57. The monoisotopic (exact) mass is 302 g/mol. The number of hydrogen-bond acceptors (Lipinski definition) is 0. The zero-order valence-corrected chi connectivity index (χ0v) is 13.3. The van der Waals surface area contributed by atoms with E-state index in [9.17, 15) is 0 Å². The van der Waals surface area contributed by atoms with Gasteiger partial charge in [-0.05, 0) is 13.8 Å². The van der Waals surface area contributed by atoms with Gasteiger partial charge in [0.05, 0.1) is 0 Å². The van der Waals surface area contributed by atoms with Gasteiger partial charge in [-0.2, -0.15) is 12.2 Å². The van der Waals surface area contributed by atoms with Gasteiger partial charge in [0.2, 0.25) is 0 Å². The molecule has 2 aliphatic rings. The normalized spacial score (nSPS) is 13.1. The molecule has 0 radical (unpaired) electrons. The molecule has 17 heavy (non-hydrogen) atoms. The van der Waals surface area contributed by atoms with Crippen LogP contribution in [0, 0.1) is 12.2 Å². The fourth-order valence-corrected chi connectivity index (χ4v) is 0.680. The van der Waals surface area contributed by atoms with Crippen LogP contribution < -0.4 is 0 Å². The van der Waals surface area contributed by atoms with Gasteiger partial charge in [0, 0.05) is 0 Å². The minimum absolute atomic E-state index is 0. The molecule has 0 atom stereocenters. The topological polar surface area (TPSA) is 0 Å². The molecule has 2 rings (SSSR count). The number of allylic oxidation sites excluding steroid dienone is 10. The molecular formula is C16H20Zr. The van der Waals surface area contributed by atoms with Crippen LogP contribution >= 0.6 is 0 Å². The standard InChI is InChI=1S/C6H10.2C5H5.Zr/c1-5(2)6(3)4;2*1-2-4-5-3-1;/h1,3H2,2,4H3;2*1-3H,4H2;/q;2*-1;+2. The van der Waals surface area contributed by atoms with Crippen LogP contribution in [0.4, 0.5) is 0 Å². The molecule has 0 heterocycles. The predicted molar refractivity (Wildman–Crippen MR) is 72.8 cm³/mol. The summed E-state index contributed by atoms with van der Waals surface area (Å²) >= 11 is 0. The van der Waals surface area contributed by atoms with Crippen LogP contribution in [-0.2, 0) is 26.2 Å². The molecule has 0 saturated carbocycles. The Morgan fingerprint density at radius 3 is 1.29 bits per heavy atom. The Hall–Kier alpha value is -0.677. The van der Waals surface area contributed by atoms with E-state index in [1.165, 1.54) is 0 Å². The van der Waals surface area contributed by atoms with Crippen molar-refractivity contribution in [3.8, 4) is 0 Å². The van der Waals surface area contributed by atoms with Gasteiger partial charge in [-0.15, -0.1) is 12.8 Å². The van der Waals surface area contributed by atoms with Crippen molar-refractivity contribution in [2.75, 3.05) is 0 Å². The molecule has 88 valence electrons. The quantitative estimate of drug-likeness (QED) is 0.484. The van der Waals surface area contributed by atoms with Gasteiger partial charge in [0.1, 0.15) is 0 Å². The van der Waals surface area contributed by atoms with Crippen LogP contribution in [0.15, 0.2) is 60.8 Å². The van der Waals surface area contributed by atoms with E-state index in [1.54, 1.807) is 0 Å². The van der Waals surface area contributed by atoms with Crippen LogP contribution in [0.5, 0.6) is 0 Å². The van der Waals surface area contributed by atoms with Crippen LogP contribution in [0.2, 0.25) is 0 Å². The van der Waals surface area contributed by atoms with E-state index in [0.717, 1.165) is 24.0 Å². The molecule has 0 aromatic rings. The summed E-state index contributed by atoms with van der Waals surface area (Å²) in [7, 11) is 0. The third-order valence-corrected chi connectivity index (χ3v) is 1.90. The molecular weight excluding hydrogens is 283 g/mol. The summed E-state index contributed by atoms with van der Waals surface area (Å²) in [5, 5.41) is 0. The van der Waals surface area contributed by atoms with Gasteiger partial charge < -0.3 is 0 Å². The van der Waals surface area contributed by atoms with Crippen LogP contribution in [-0.4, -0.2) is 0 Å². The van der Waals surface area contributed by atoms with Crippen molar-refractivity contribution in [2.45, 2.75) is 26.7 Å². The van der Waals surface area contributed by atoms with Crippen molar-refractivity contribution >= 4 is 0 Å². The van der Waals surface area contributed by atoms with E-state index in [1.807, 2.05) is 38.2 Å². The molecule has 0 saturated heterocycles. The van der Waals surface area contributed by atoms with Gasteiger partial charge in [-0.25, -0.2) is 24.3 Å². The molecule has 0 aliphatic heterocycles. The van der Waals surface area contributed by atoms with Crippen LogP contribution in [0.3, 0.4) is 0 Å². The summed E-state index contributed by atoms with van der Waals surface area (Å²) in [4.78, 5) is 0. The molecule has 0 fully saturated rings. The second kappa shape index (κ2) is 13.4. The minimum atomic E-state index is 0. The van der Waals surface area contributed by atoms with Crippen molar-refractivity contribution < 1.29 is 26.2 Å². The van der Waals surface area contributed by atoms with E-state index < -0.39 is 0 Å².